The van der Waals surface area contributed by atoms with Crippen molar-refractivity contribution in [3.8, 4) is 0 Å². The Morgan fingerprint density at radius 3 is 2.61 bits per heavy atom. The van der Waals surface area contributed by atoms with Crippen molar-refractivity contribution in [2.75, 3.05) is 6.54 Å². The molecule has 0 aliphatic heterocycles. The van der Waals surface area contributed by atoms with Gasteiger partial charge in [0, 0.05) is 11.6 Å². The summed E-state index contributed by atoms with van der Waals surface area (Å²) in [6, 6.07) is 2.69. The molecule has 1 saturated carbocycles. The van der Waals surface area contributed by atoms with Crippen molar-refractivity contribution in [3.63, 3.8) is 0 Å². The van der Waals surface area contributed by atoms with Crippen LogP contribution < -0.4 is 5.32 Å². The topological polar surface area (TPSA) is 25.2 Å². The van der Waals surface area contributed by atoms with E-state index in [9.17, 15) is 0 Å². The predicted octanol–water partition coefficient (Wildman–Crippen LogP) is 4.52. The second-order valence-corrected chi connectivity index (χ2v) is 5.71. The van der Waals surface area contributed by atoms with Crippen molar-refractivity contribution in [1.82, 2.24) is 5.32 Å². The maximum absolute atomic E-state index is 5.67. The van der Waals surface area contributed by atoms with Gasteiger partial charge in [0.1, 0.15) is 11.5 Å². The summed E-state index contributed by atoms with van der Waals surface area (Å²) < 4.78 is 5.67. The van der Waals surface area contributed by atoms with E-state index in [0.29, 0.717) is 6.04 Å². The van der Waals surface area contributed by atoms with Gasteiger partial charge in [0.15, 0.2) is 0 Å². The van der Waals surface area contributed by atoms with Crippen LogP contribution in [-0.4, -0.2) is 6.54 Å². The highest BCUT2D eigenvalue weighted by molar-refractivity contribution is 5.24. The second-order valence-electron chi connectivity index (χ2n) is 5.71. The van der Waals surface area contributed by atoms with Crippen molar-refractivity contribution in [2.24, 2.45) is 5.92 Å². The third-order valence-corrected chi connectivity index (χ3v) is 4.24. The highest BCUT2D eigenvalue weighted by atomic mass is 16.3. The quantitative estimate of drug-likeness (QED) is 0.802. The molecule has 1 N–H and O–H groups in total. The molecule has 1 unspecified atom stereocenters. The maximum Gasteiger partial charge on any atom is 0.105 e. The first kappa shape index (κ1) is 13.7. The summed E-state index contributed by atoms with van der Waals surface area (Å²) in [5.74, 6) is 3.09. The fourth-order valence-electron chi connectivity index (χ4n) is 3.31. The smallest absolute Gasteiger partial charge is 0.105 e. The lowest BCUT2D eigenvalue weighted by Gasteiger charge is -2.19. The Balaban J connectivity index is 1.96. The van der Waals surface area contributed by atoms with Crippen LogP contribution in [0.4, 0.5) is 0 Å². The summed E-state index contributed by atoms with van der Waals surface area (Å²) in [6.07, 6.45) is 8.39. The molecule has 0 spiro atoms. The highest BCUT2D eigenvalue weighted by Crippen LogP contribution is 2.32. The molecule has 0 radical (unpaired) electrons. The minimum absolute atomic E-state index is 0.480. The maximum atomic E-state index is 5.67. The Bertz CT molecular complexity index is 363. The van der Waals surface area contributed by atoms with Crippen molar-refractivity contribution in [1.29, 1.82) is 0 Å². The number of hydrogen-bond donors (Lipinski definition) is 1. The molecular weight excluding hydrogens is 222 g/mol. The van der Waals surface area contributed by atoms with E-state index in [-0.39, 0.29) is 0 Å². The molecule has 1 aliphatic rings. The fraction of sp³-hybridized carbons (Fsp3) is 0.750. The zero-order valence-corrected chi connectivity index (χ0v) is 12.1. The summed E-state index contributed by atoms with van der Waals surface area (Å²) in [6.45, 7) is 7.34. The molecule has 1 aromatic rings. The molecule has 1 aromatic heterocycles. The van der Waals surface area contributed by atoms with Gasteiger partial charge in [-0.3, -0.25) is 0 Å². The fourth-order valence-corrected chi connectivity index (χ4v) is 3.31. The van der Waals surface area contributed by atoms with Crippen molar-refractivity contribution < 1.29 is 4.42 Å². The molecular formula is C16H27NO. The lowest BCUT2D eigenvalue weighted by molar-refractivity contribution is 0.410. The van der Waals surface area contributed by atoms with Crippen molar-refractivity contribution in [2.45, 2.75) is 65.3 Å². The van der Waals surface area contributed by atoms with Gasteiger partial charge in [-0.15, -0.1) is 0 Å². The average Bonchev–Trinajstić information content (AvgIpc) is 2.94. The first-order chi connectivity index (χ1) is 8.70. The lowest BCUT2D eigenvalue weighted by atomic mass is 9.95. The van der Waals surface area contributed by atoms with Gasteiger partial charge >= 0.3 is 0 Å². The summed E-state index contributed by atoms with van der Waals surface area (Å²) in [5, 5.41) is 3.62. The van der Waals surface area contributed by atoms with Crippen LogP contribution in [0.25, 0.3) is 0 Å². The van der Waals surface area contributed by atoms with Crippen LogP contribution in [0, 0.1) is 19.8 Å². The molecule has 0 bridgehead atoms. The molecule has 0 amide bonds. The molecule has 2 rings (SSSR count). The molecule has 2 nitrogen and oxygen atoms in total. The number of hydrogen-bond acceptors (Lipinski definition) is 2. The van der Waals surface area contributed by atoms with Crippen molar-refractivity contribution >= 4 is 0 Å². The molecule has 18 heavy (non-hydrogen) atoms. The number of nitrogens with one attached hydrogen (secondary N) is 1. The second kappa shape index (κ2) is 6.42. The Morgan fingerprint density at radius 2 is 2.06 bits per heavy atom. The SMILES string of the molecule is CCNC(CCC1CCCC1)c1cc(C)oc1C. The van der Waals surface area contributed by atoms with Gasteiger partial charge in [0.2, 0.25) is 0 Å². The number of furan rings is 1. The molecule has 1 aliphatic carbocycles. The van der Waals surface area contributed by atoms with Gasteiger partial charge in [-0.2, -0.15) is 0 Å². The van der Waals surface area contributed by atoms with E-state index in [1.807, 2.05) is 6.92 Å². The molecule has 2 heteroatoms. The molecule has 1 heterocycles. The molecule has 1 atom stereocenters. The van der Waals surface area contributed by atoms with Crippen LogP contribution in [0.1, 0.15) is 68.6 Å². The van der Waals surface area contributed by atoms with Crippen LogP contribution in [0.15, 0.2) is 10.5 Å². The average molecular weight is 249 g/mol. The number of aryl methyl sites for hydroxylation is 2. The van der Waals surface area contributed by atoms with Crippen LogP contribution >= 0.6 is 0 Å². The van der Waals surface area contributed by atoms with E-state index < -0.39 is 0 Å². The van der Waals surface area contributed by atoms with E-state index in [2.05, 4.69) is 25.2 Å². The third kappa shape index (κ3) is 3.38. The van der Waals surface area contributed by atoms with E-state index in [0.717, 1.165) is 24.0 Å². The van der Waals surface area contributed by atoms with Gasteiger partial charge < -0.3 is 9.73 Å². The summed E-state index contributed by atoms with van der Waals surface area (Å²) in [7, 11) is 0. The normalized spacial score (nSPS) is 18.4. The third-order valence-electron chi connectivity index (χ3n) is 4.24. The van der Waals surface area contributed by atoms with Gasteiger partial charge in [-0.1, -0.05) is 32.6 Å². The first-order valence-corrected chi connectivity index (χ1v) is 7.51. The van der Waals surface area contributed by atoms with Crippen molar-refractivity contribution in [3.05, 3.63) is 23.2 Å². The lowest BCUT2D eigenvalue weighted by Crippen LogP contribution is -2.21. The molecule has 0 saturated heterocycles. The van der Waals surface area contributed by atoms with Crippen LogP contribution in [0.2, 0.25) is 0 Å². The first-order valence-electron chi connectivity index (χ1n) is 7.51. The zero-order valence-electron chi connectivity index (χ0n) is 12.1. The van der Waals surface area contributed by atoms with Crippen LogP contribution in [-0.2, 0) is 0 Å². The van der Waals surface area contributed by atoms with Gasteiger partial charge in [0.05, 0.1) is 0 Å². The minimum atomic E-state index is 0.480. The number of rotatable bonds is 6. The Labute approximate surface area is 111 Å². The molecule has 1 fully saturated rings. The van der Waals surface area contributed by atoms with E-state index in [4.69, 9.17) is 4.42 Å². The standard InChI is InChI=1S/C16H27NO/c1-4-17-16(10-9-14-7-5-6-8-14)15-11-12(2)18-13(15)3/h11,14,16-17H,4-10H2,1-3H3. The highest BCUT2D eigenvalue weighted by Gasteiger charge is 2.20. The Hall–Kier alpha value is -0.760. The molecule has 0 aromatic carbocycles. The summed E-state index contributed by atoms with van der Waals surface area (Å²) >= 11 is 0. The predicted molar refractivity (Wildman–Crippen MR) is 75.8 cm³/mol. The van der Waals surface area contributed by atoms with Gasteiger partial charge in [-0.05, 0) is 45.2 Å². The summed E-state index contributed by atoms with van der Waals surface area (Å²) in [5.41, 5.74) is 1.37. The Morgan fingerprint density at radius 1 is 1.33 bits per heavy atom. The van der Waals surface area contributed by atoms with Crippen LogP contribution in [0.5, 0.6) is 0 Å². The van der Waals surface area contributed by atoms with Gasteiger partial charge in [-0.25, -0.2) is 0 Å². The van der Waals surface area contributed by atoms with Gasteiger partial charge in [0.25, 0.3) is 0 Å². The van der Waals surface area contributed by atoms with E-state index in [1.165, 1.54) is 44.1 Å². The van der Waals surface area contributed by atoms with E-state index >= 15 is 0 Å². The zero-order chi connectivity index (χ0) is 13.0. The summed E-state index contributed by atoms with van der Waals surface area (Å²) in [4.78, 5) is 0. The van der Waals surface area contributed by atoms with E-state index in [1.54, 1.807) is 0 Å². The molecule has 102 valence electrons. The Kier molecular flexibility index (Phi) is 4.87. The monoisotopic (exact) mass is 249 g/mol. The largest absolute Gasteiger partial charge is 0.466 e. The minimum Gasteiger partial charge on any atom is -0.466 e. The van der Waals surface area contributed by atoms with Crippen LogP contribution in [0.3, 0.4) is 0 Å².